The van der Waals surface area contributed by atoms with Crippen LogP contribution in [0.3, 0.4) is 0 Å². The SMILES string of the molecule is COC(=O)[C@@H]1c2cccc(C3CCNCC3)c2CCN1C(=O)OC(C)(C)C. The fourth-order valence-electron chi connectivity index (χ4n) is 4.10. The molecule has 6 heteroatoms. The summed E-state index contributed by atoms with van der Waals surface area (Å²) in [6, 6.07) is 5.35. The number of nitrogens with one attached hydrogen (secondary N) is 1. The van der Waals surface area contributed by atoms with Gasteiger partial charge in [-0.05, 0) is 75.7 Å². The maximum Gasteiger partial charge on any atom is 0.411 e. The van der Waals surface area contributed by atoms with E-state index >= 15 is 0 Å². The van der Waals surface area contributed by atoms with Gasteiger partial charge in [0.15, 0.2) is 6.04 Å². The highest BCUT2D eigenvalue weighted by Gasteiger charge is 2.40. The molecule has 1 atom stereocenters. The largest absolute Gasteiger partial charge is 0.467 e. The van der Waals surface area contributed by atoms with E-state index in [1.54, 1.807) is 0 Å². The number of benzene rings is 1. The number of amides is 1. The summed E-state index contributed by atoms with van der Waals surface area (Å²) in [5.74, 6) is 0.0665. The number of esters is 1. The molecule has 0 unspecified atom stereocenters. The summed E-state index contributed by atoms with van der Waals surface area (Å²) in [5.41, 5.74) is 2.76. The Bertz CT molecular complexity index is 705. The molecule has 0 aromatic heterocycles. The fraction of sp³-hybridized carbons (Fsp3) is 0.619. The maximum absolute atomic E-state index is 12.7. The molecule has 148 valence electrons. The first-order valence-electron chi connectivity index (χ1n) is 9.71. The third-order valence-electron chi connectivity index (χ3n) is 5.29. The van der Waals surface area contributed by atoms with Gasteiger partial charge in [0.25, 0.3) is 0 Å². The number of carbonyl (C=O) groups excluding carboxylic acids is 2. The highest BCUT2D eigenvalue weighted by atomic mass is 16.6. The predicted molar refractivity (Wildman–Crippen MR) is 103 cm³/mol. The van der Waals surface area contributed by atoms with Crippen LogP contribution in [0.15, 0.2) is 18.2 Å². The molecule has 0 aliphatic carbocycles. The summed E-state index contributed by atoms with van der Waals surface area (Å²) in [6.45, 7) is 7.95. The molecule has 0 spiro atoms. The lowest BCUT2D eigenvalue weighted by atomic mass is 9.81. The zero-order chi connectivity index (χ0) is 19.6. The zero-order valence-corrected chi connectivity index (χ0v) is 16.7. The Morgan fingerprint density at radius 3 is 2.44 bits per heavy atom. The summed E-state index contributed by atoms with van der Waals surface area (Å²) in [7, 11) is 1.36. The van der Waals surface area contributed by atoms with Gasteiger partial charge in [0.2, 0.25) is 0 Å². The van der Waals surface area contributed by atoms with Crippen molar-refractivity contribution in [1.82, 2.24) is 10.2 Å². The molecule has 1 N–H and O–H groups in total. The Hall–Kier alpha value is -2.08. The molecule has 0 saturated carbocycles. The van der Waals surface area contributed by atoms with Crippen LogP contribution in [0.4, 0.5) is 4.79 Å². The van der Waals surface area contributed by atoms with Crippen molar-refractivity contribution in [3.8, 4) is 0 Å². The van der Waals surface area contributed by atoms with Crippen LogP contribution in [-0.4, -0.2) is 49.3 Å². The van der Waals surface area contributed by atoms with Gasteiger partial charge >= 0.3 is 12.1 Å². The second-order valence-electron chi connectivity index (χ2n) is 8.29. The Labute approximate surface area is 161 Å². The Balaban J connectivity index is 1.96. The number of fused-ring (bicyclic) bond motifs is 1. The van der Waals surface area contributed by atoms with E-state index in [-0.39, 0.29) is 0 Å². The Morgan fingerprint density at radius 1 is 1.15 bits per heavy atom. The van der Waals surface area contributed by atoms with Crippen molar-refractivity contribution >= 4 is 12.1 Å². The van der Waals surface area contributed by atoms with Crippen LogP contribution >= 0.6 is 0 Å². The van der Waals surface area contributed by atoms with E-state index < -0.39 is 23.7 Å². The molecular formula is C21H30N2O4. The second kappa shape index (κ2) is 7.89. The third kappa shape index (κ3) is 4.26. The molecule has 2 aliphatic heterocycles. The lowest BCUT2D eigenvalue weighted by Crippen LogP contribution is -2.46. The molecule has 2 heterocycles. The minimum Gasteiger partial charge on any atom is -0.467 e. The Morgan fingerprint density at radius 2 is 1.81 bits per heavy atom. The molecule has 6 nitrogen and oxygen atoms in total. The minimum atomic E-state index is -0.754. The van der Waals surface area contributed by atoms with E-state index in [9.17, 15) is 9.59 Å². The quantitative estimate of drug-likeness (QED) is 0.806. The van der Waals surface area contributed by atoms with Gasteiger partial charge in [-0.15, -0.1) is 0 Å². The van der Waals surface area contributed by atoms with Gasteiger partial charge in [0.05, 0.1) is 7.11 Å². The van der Waals surface area contributed by atoms with Crippen LogP contribution in [0.25, 0.3) is 0 Å². The van der Waals surface area contributed by atoms with Gasteiger partial charge < -0.3 is 14.8 Å². The average molecular weight is 374 g/mol. The predicted octanol–water partition coefficient (Wildman–Crippen LogP) is 3.16. The lowest BCUT2D eigenvalue weighted by Gasteiger charge is -2.38. The molecular weight excluding hydrogens is 344 g/mol. The first-order chi connectivity index (χ1) is 12.8. The van der Waals surface area contributed by atoms with Gasteiger partial charge in [-0.3, -0.25) is 4.90 Å². The average Bonchev–Trinajstić information content (AvgIpc) is 2.65. The topological polar surface area (TPSA) is 67.9 Å². The number of ether oxygens (including phenoxy) is 2. The maximum atomic E-state index is 12.7. The summed E-state index contributed by atoms with van der Waals surface area (Å²) >= 11 is 0. The molecule has 0 radical (unpaired) electrons. The molecule has 1 aromatic carbocycles. The number of rotatable bonds is 2. The van der Waals surface area contributed by atoms with Crippen molar-refractivity contribution in [2.24, 2.45) is 0 Å². The van der Waals surface area contributed by atoms with Crippen molar-refractivity contribution in [2.45, 2.75) is 57.6 Å². The minimum absolute atomic E-state index is 0.427. The summed E-state index contributed by atoms with van der Waals surface area (Å²) in [6.07, 6.45) is 2.43. The van der Waals surface area contributed by atoms with Crippen LogP contribution in [0.2, 0.25) is 0 Å². The molecule has 27 heavy (non-hydrogen) atoms. The van der Waals surface area contributed by atoms with Gasteiger partial charge in [-0.1, -0.05) is 18.2 Å². The number of piperidine rings is 1. The monoisotopic (exact) mass is 374 g/mol. The van der Waals surface area contributed by atoms with Crippen molar-refractivity contribution < 1.29 is 19.1 Å². The van der Waals surface area contributed by atoms with Crippen molar-refractivity contribution in [2.75, 3.05) is 26.7 Å². The van der Waals surface area contributed by atoms with Crippen LogP contribution in [0.1, 0.15) is 62.3 Å². The molecule has 1 saturated heterocycles. The normalized spacial score (nSPS) is 20.7. The molecule has 3 rings (SSSR count). The number of carbonyl (C=O) groups is 2. The van der Waals surface area contributed by atoms with Crippen molar-refractivity contribution in [1.29, 1.82) is 0 Å². The number of hydrogen-bond acceptors (Lipinski definition) is 5. The van der Waals surface area contributed by atoms with E-state index in [4.69, 9.17) is 9.47 Å². The highest BCUT2D eigenvalue weighted by Crippen LogP contribution is 2.38. The van der Waals surface area contributed by atoms with Crippen LogP contribution in [-0.2, 0) is 20.7 Å². The number of methoxy groups -OCH3 is 1. The lowest BCUT2D eigenvalue weighted by molar-refractivity contribution is -0.147. The van der Waals surface area contributed by atoms with Crippen LogP contribution < -0.4 is 5.32 Å². The summed E-state index contributed by atoms with van der Waals surface area (Å²) in [4.78, 5) is 26.9. The van der Waals surface area contributed by atoms with Gasteiger partial charge in [0.1, 0.15) is 5.60 Å². The number of nitrogens with zero attached hydrogens (tertiary/aromatic N) is 1. The Kier molecular flexibility index (Phi) is 5.75. The first-order valence-corrected chi connectivity index (χ1v) is 9.71. The van der Waals surface area contributed by atoms with E-state index in [1.165, 1.54) is 23.1 Å². The first kappa shape index (κ1) is 19.7. The van der Waals surface area contributed by atoms with Crippen molar-refractivity contribution in [3.63, 3.8) is 0 Å². The van der Waals surface area contributed by atoms with E-state index in [1.807, 2.05) is 32.9 Å². The summed E-state index contributed by atoms with van der Waals surface area (Å²) < 4.78 is 10.6. The van der Waals surface area contributed by atoms with E-state index in [0.717, 1.165) is 37.9 Å². The zero-order valence-electron chi connectivity index (χ0n) is 16.7. The standard InChI is InChI=1S/C21H30N2O4/c1-21(2,3)27-20(25)23-13-10-16-15(14-8-11-22-12-9-14)6-5-7-17(16)18(23)19(24)26-4/h5-7,14,18,22H,8-13H2,1-4H3/t18-/m0/s1. The fourth-order valence-corrected chi connectivity index (χ4v) is 4.10. The van der Waals surface area contributed by atoms with Gasteiger partial charge in [0, 0.05) is 6.54 Å². The summed E-state index contributed by atoms with van der Waals surface area (Å²) in [5, 5.41) is 3.40. The third-order valence-corrected chi connectivity index (χ3v) is 5.29. The van der Waals surface area contributed by atoms with Crippen molar-refractivity contribution in [3.05, 3.63) is 34.9 Å². The van der Waals surface area contributed by atoms with Gasteiger partial charge in [-0.2, -0.15) is 0 Å². The molecule has 0 bridgehead atoms. The molecule has 1 amide bonds. The van der Waals surface area contributed by atoms with E-state index in [2.05, 4.69) is 11.4 Å². The highest BCUT2D eigenvalue weighted by molar-refractivity contribution is 5.84. The van der Waals surface area contributed by atoms with Gasteiger partial charge in [-0.25, -0.2) is 9.59 Å². The second-order valence-corrected chi connectivity index (χ2v) is 8.29. The molecule has 1 fully saturated rings. The van der Waals surface area contributed by atoms with E-state index in [0.29, 0.717) is 12.5 Å². The van der Waals surface area contributed by atoms with Crippen LogP contribution in [0.5, 0.6) is 0 Å². The van der Waals surface area contributed by atoms with Crippen LogP contribution in [0, 0.1) is 0 Å². The number of hydrogen-bond donors (Lipinski definition) is 1. The smallest absolute Gasteiger partial charge is 0.411 e. The molecule has 2 aliphatic rings. The molecule has 1 aromatic rings.